The maximum atomic E-state index is 14.4. The summed E-state index contributed by atoms with van der Waals surface area (Å²) in [4.78, 5) is 48.2. The molecule has 5 heterocycles. The van der Waals surface area contributed by atoms with Gasteiger partial charge in [-0.25, -0.2) is 0 Å². The molecule has 3 fully saturated rings. The fourth-order valence-electron chi connectivity index (χ4n) is 7.20. The average molecular weight is 560 g/mol. The number of carbonyl (C=O) groups excluding carboxylic acids is 3. The molecular formula is C30H45N3O7. The fraction of sp³-hybridized carbons (Fsp3) is 0.767. The third-order valence-corrected chi connectivity index (χ3v) is 9.31. The van der Waals surface area contributed by atoms with Crippen LogP contribution in [0.15, 0.2) is 24.3 Å². The highest BCUT2D eigenvalue weighted by Crippen LogP contribution is 2.58. The molecule has 0 saturated carbocycles. The normalized spacial score (nSPS) is 35.4. The molecule has 0 aromatic rings. The van der Waals surface area contributed by atoms with Gasteiger partial charge in [0.1, 0.15) is 23.2 Å². The summed E-state index contributed by atoms with van der Waals surface area (Å²) in [6.07, 6.45) is 12.9. The van der Waals surface area contributed by atoms with Crippen LogP contribution in [-0.2, 0) is 28.6 Å². The molecule has 5 atom stereocenters. The number of nitrogens with zero attached hydrogens (tertiary/aromatic N) is 3. The number of fused-ring (bicyclic) bond motifs is 2. The number of hydrogen-bond acceptors (Lipinski definition) is 8. The second-order valence-corrected chi connectivity index (χ2v) is 11.6. The molecule has 1 spiro atoms. The molecule has 0 aromatic carbocycles. The maximum Gasteiger partial charge on any atom is 0.313 e. The highest BCUT2D eigenvalue weighted by molar-refractivity contribution is 5.99. The van der Waals surface area contributed by atoms with Gasteiger partial charge in [0.25, 0.3) is 0 Å². The molecule has 5 aliphatic heterocycles. The number of hydrogen-bond donors (Lipinski definition) is 1. The number of aliphatic hydroxyl groups excluding tert-OH is 1. The number of amides is 2. The number of aliphatic hydroxyl groups is 1. The maximum absolute atomic E-state index is 14.4. The molecule has 0 aliphatic carbocycles. The lowest BCUT2D eigenvalue weighted by atomic mass is 9.73. The van der Waals surface area contributed by atoms with Crippen molar-refractivity contribution in [3.63, 3.8) is 0 Å². The Balaban J connectivity index is 1.48. The molecule has 2 amide bonds. The summed E-state index contributed by atoms with van der Waals surface area (Å²) < 4.78 is 18.1. The molecular weight excluding hydrogens is 514 g/mol. The van der Waals surface area contributed by atoms with Crippen LogP contribution in [0.2, 0.25) is 0 Å². The van der Waals surface area contributed by atoms with E-state index >= 15 is 0 Å². The van der Waals surface area contributed by atoms with Crippen molar-refractivity contribution in [2.45, 2.75) is 69.1 Å². The van der Waals surface area contributed by atoms with Crippen LogP contribution in [0.4, 0.5) is 0 Å². The largest absolute Gasteiger partial charge is 0.465 e. The Bertz CT molecular complexity index is 996. The van der Waals surface area contributed by atoms with E-state index < -0.39 is 35.0 Å². The number of allylic oxidation sites excluding steroid dienone is 1. The number of carbonyl (C=O) groups is 3. The Morgan fingerprint density at radius 1 is 0.925 bits per heavy atom. The fourth-order valence-corrected chi connectivity index (χ4v) is 7.20. The van der Waals surface area contributed by atoms with Crippen molar-refractivity contribution in [3.05, 3.63) is 24.3 Å². The van der Waals surface area contributed by atoms with Gasteiger partial charge in [-0.2, -0.15) is 0 Å². The first-order valence-corrected chi connectivity index (χ1v) is 15.2. The Morgan fingerprint density at radius 2 is 1.73 bits per heavy atom. The van der Waals surface area contributed by atoms with Crippen LogP contribution in [0.5, 0.6) is 0 Å². The lowest BCUT2D eigenvalue weighted by molar-refractivity contribution is -0.161. The van der Waals surface area contributed by atoms with Crippen LogP contribution < -0.4 is 0 Å². The summed E-state index contributed by atoms with van der Waals surface area (Å²) in [6.45, 7) is 7.59. The third-order valence-electron chi connectivity index (χ3n) is 9.31. The number of cyclic esters (lactones) is 1. The minimum atomic E-state index is -1.24. The predicted molar refractivity (Wildman–Crippen MR) is 147 cm³/mol. The van der Waals surface area contributed by atoms with E-state index in [2.05, 4.69) is 4.90 Å². The van der Waals surface area contributed by atoms with Crippen LogP contribution in [0.25, 0.3) is 0 Å². The van der Waals surface area contributed by atoms with Crippen molar-refractivity contribution in [1.29, 1.82) is 0 Å². The molecule has 0 aromatic heterocycles. The van der Waals surface area contributed by atoms with E-state index in [4.69, 9.17) is 19.3 Å². The minimum absolute atomic E-state index is 0.125. The van der Waals surface area contributed by atoms with E-state index in [1.54, 1.807) is 4.90 Å². The number of unbranched alkanes of at least 4 members (excludes halogenated alkanes) is 3. The van der Waals surface area contributed by atoms with Gasteiger partial charge in [-0.1, -0.05) is 44.1 Å². The van der Waals surface area contributed by atoms with E-state index in [1.807, 2.05) is 36.1 Å². The first kappa shape index (κ1) is 29.2. The summed E-state index contributed by atoms with van der Waals surface area (Å²) in [5.74, 6) is -2.39. The molecule has 5 rings (SSSR count). The predicted octanol–water partition coefficient (Wildman–Crippen LogP) is 1.52. The topological polar surface area (TPSA) is 109 Å². The van der Waals surface area contributed by atoms with E-state index in [0.29, 0.717) is 58.7 Å². The van der Waals surface area contributed by atoms with Gasteiger partial charge in [0, 0.05) is 45.9 Å². The summed E-state index contributed by atoms with van der Waals surface area (Å²) in [6, 6.07) is -0.841. The SMILES string of the molecule is CC[C@]12/C=C\CCCOC(=O)[C@H]1[C@H]1C(=O)N(CCCCCCO)C3C(=O)N(CCN4CCOCC4)CC=C[C@@]31O2. The zero-order valence-electron chi connectivity index (χ0n) is 23.8. The zero-order chi connectivity index (χ0) is 28.2. The van der Waals surface area contributed by atoms with E-state index in [-0.39, 0.29) is 18.4 Å². The highest BCUT2D eigenvalue weighted by atomic mass is 16.6. The molecule has 0 radical (unpaired) electrons. The van der Waals surface area contributed by atoms with Crippen molar-refractivity contribution in [3.8, 4) is 0 Å². The van der Waals surface area contributed by atoms with E-state index in [9.17, 15) is 14.4 Å². The van der Waals surface area contributed by atoms with Crippen LogP contribution in [0.1, 0.15) is 51.9 Å². The Hall–Kier alpha value is -2.27. The summed E-state index contributed by atoms with van der Waals surface area (Å²) in [7, 11) is 0. The van der Waals surface area contributed by atoms with Gasteiger partial charge < -0.3 is 29.1 Å². The van der Waals surface area contributed by atoms with Crippen molar-refractivity contribution in [2.24, 2.45) is 11.8 Å². The van der Waals surface area contributed by atoms with E-state index in [1.165, 1.54) is 0 Å². The van der Waals surface area contributed by atoms with Gasteiger partial charge in [-0.3, -0.25) is 19.3 Å². The molecule has 222 valence electrons. The van der Waals surface area contributed by atoms with E-state index in [0.717, 1.165) is 45.3 Å². The Kier molecular flexibility index (Phi) is 9.29. The number of ether oxygens (including phenoxy) is 3. The Labute approximate surface area is 237 Å². The standard InChI is InChI=1S/C30H45N3O7/c1-2-29-11-6-5-9-20-39-28(37)24(29)23-26(35)33(14-7-3-4-8-19-34)25-27(36)32(13-10-12-30(23,25)40-29)16-15-31-17-21-38-22-18-31/h6,10-12,23-25,34H,2-5,7-9,13-22H2,1H3/b11-6-/t23-,24+,25?,29-,30-/m0/s1. The number of likely N-dealkylation sites (tertiary alicyclic amines) is 1. The molecule has 10 nitrogen and oxygen atoms in total. The smallest absolute Gasteiger partial charge is 0.313 e. The molecule has 10 heteroatoms. The van der Waals surface area contributed by atoms with Crippen LogP contribution >= 0.6 is 0 Å². The lowest BCUT2D eigenvalue weighted by Gasteiger charge is -2.39. The average Bonchev–Trinajstić information content (AvgIpc) is 3.34. The van der Waals surface area contributed by atoms with Gasteiger partial charge in [0.2, 0.25) is 11.8 Å². The molecule has 1 unspecified atom stereocenters. The van der Waals surface area contributed by atoms with Gasteiger partial charge in [-0.15, -0.1) is 0 Å². The van der Waals surface area contributed by atoms with Crippen molar-refractivity contribution < 1.29 is 33.7 Å². The monoisotopic (exact) mass is 559 g/mol. The van der Waals surface area contributed by atoms with Crippen molar-refractivity contribution in [2.75, 3.05) is 65.7 Å². The highest BCUT2D eigenvalue weighted by Gasteiger charge is 2.75. The summed E-state index contributed by atoms with van der Waals surface area (Å²) >= 11 is 0. The van der Waals surface area contributed by atoms with Crippen LogP contribution in [0, 0.1) is 11.8 Å². The molecule has 1 N–H and O–H groups in total. The zero-order valence-corrected chi connectivity index (χ0v) is 23.8. The second kappa shape index (κ2) is 12.7. The van der Waals surface area contributed by atoms with Gasteiger partial charge in [-0.05, 0) is 32.1 Å². The van der Waals surface area contributed by atoms with Gasteiger partial charge >= 0.3 is 5.97 Å². The molecule has 40 heavy (non-hydrogen) atoms. The number of morpholine rings is 1. The van der Waals surface area contributed by atoms with Gasteiger partial charge in [0.05, 0.1) is 25.7 Å². The first-order chi connectivity index (χ1) is 19.5. The molecule has 0 bridgehead atoms. The molecule has 3 saturated heterocycles. The lowest BCUT2D eigenvalue weighted by Crippen LogP contribution is -2.57. The Morgan fingerprint density at radius 3 is 2.50 bits per heavy atom. The molecule has 5 aliphatic rings. The van der Waals surface area contributed by atoms with Crippen molar-refractivity contribution in [1.82, 2.24) is 14.7 Å². The summed E-state index contributed by atoms with van der Waals surface area (Å²) in [5, 5.41) is 9.17. The van der Waals surface area contributed by atoms with Crippen LogP contribution in [0.3, 0.4) is 0 Å². The summed E-state index contributed by atoms with van der Waals surface area (Å²) in [5.41, 5.74) is -2.25. The number of esters is 1. The minimum Gasteiger partial charge on any atom is -0.465 e. The second-order valence-electron chi connectivity index (χ2n) is 11.6. The third kappa shape index (κ3) is 5.35. The quantitative estimate of drug-likeness (QED) is 0.244. The van der Waals surface area contributed by atoms with Gasteiger partial charge in [0.15, 0.2) is 0 Å². The number of rotatable bonds is 10. The van der Waals surface area contributed by atoms with Crippen molar-refractivity contribution >= 4 is 17.8 Å². The van der Waals surface area contributed by atoms with Crippen LogP contribution in [-0.4, -0.2) is 121 Å². The first-order valence-electron chi connectivity index (χ1n) is 15.2.